The van der Waals surface area contributed by atoms with Crippen LogP contribution in [-0.4, -0.2) is 57.8 Å². The summed E-state index contributed by atoms with van der Waals surface area (Å²) in [5.74, 6) is 0. The van der Waals surface area contributed by atoms with Crippen molar-refractivity contribution >= 4 is 17.9 Å². The smallest absolute Gasteiger partial charge is 0.372 e. The highest BCUT2D eigenvalue weighted by atomic mass is 28.4. The van der Waals surface area contributed by atoms with Gasteiger partial charge in [-0.1, -0.05) is 0 Å². The van der Waals surface area contributed by atoms with Crippen molar-refractivity contribution in [1.82, 2.24) is 0 Å². The molecule has 1 atom stereocenters. The largest absolute Gasteiger partial charge is 0.671 e. The Balaban J connectivity index is 4.83. The van der Waals surface area contributed by atoms with Crippen LogP contribution >= 0.6 is 0 Å². The highest BCUT2D eigenvalue weighted by Crippen LogP contribution is 2.19. The molecule has 0 saturated heterocycles. The molecule has 1 unspecified atom stereocenters. The monoisotopic (exact) mass is 286 g/mol. The number of hydrogen-bond acceptors (Lipinski definition) is 7. The molecule has 0 radical (unpaired) electrons. The van der Waals surface area contributed by atoms with E-state index in [9.17, 15) is 0 Å². The third-order valence-electron chi connectivity index (χ3n) is 1.87. The molecule has 9 heteroatoms. The average Bonchev–Trinajstić information content (AvgIpc) is 2.16. The topological polar surface area (TPSA) is 97.6 Å². The maximum absolute atomic E-state index is 8.94. The lowest BCUT2D eigenvalue weighted by Gasteiger charge is -2.33. The summed E-state index contributed by atoms with van der Waals surface area (Å²) in [7, 11) is -7.80. The summed E-state index contributed by atoms with van der Waals surface area (Å²) in [4.78, 5) is 26.8. The van der Waals surface area contributed by atoms with Crippen molar-refractivity contribution in [3.63, 3.8) is 0 Å². The quantitative estimate of drug-likeness (QED) is 0.486. The zero-order valence-electron chi connectivity index (χ0n) is 10.7. The van der Waals surface area contributed by atoms with E-state index in [2.05, 4.69) is 0 Å². The Kier molecular flexibility index (Phi) is 7.63. The van der Waals surface area contributed by atoms with Crippen molar-refractivity contribution in [2.45, 2.75) is 33.4 Å². The Morgan fingerprint density at radius 2 is 1.24 bits per heavy atom. The molecule has 0 heterocycles. The van der Waals surface area contributed by atoms with Crippen molar-refractivity contribution in [1.29, 1.82) is 0 Å². The maximum Gasteiger partial charge on any atom is 0.671 e. The molecule has 0 aliphatic heterocycles. The second kappa shape index (κ2) is 7.56. The fourth-order valence-corrected chi connectivity index (χ4v) is 5.08. The highest BCUT2D eigenvalue weighted by Gasteiger charge is 2.52. The average molecular weight is 286 g/mol. The van der Waals surface area contributed by atoms with Gasteiger partial charge in [0.05, 0.1) is 0 Å². The van der Waals surface area contributed by atoms with Crippen LogP contribution in [0.2, 0.25) is 0 Å². The molecule has 7 nitrogen and oxygen atoms in total. The van der Waals surface area contributed by atoms with E-state index in [0.717, 1.165) is 0 Å². The number of rotatable bonds is 9. The van der Waals surface area contributed by atoms with Crippen LogP contribution in [0, 0.1) is 0 Å². The third-order valence-corrected chi connectivity index (χ3v) is 5.96. The summed E-state index contributed by atoms with van der Waals surface area (Å²) in [6.07, 6.45) is 0. The van der Waals surface area contributed by atoms with E-state index in [0.29, 0.717) is 19.8 Å². The molecule has 0 aromatic carbocycles. The fraction of sp³-hybridized carbons (Fsp3) is 1.00. The minimum Gasteiger partial charge on any atom is -0.372 e. The van der Waals surface area contributed by atoms with Gasteiger partial charge in [0, 0.05) is 19.8 Å². The first-order valence-corrected chi connectivity index (χ1v) is 9.13. The number of hydrogen-bond donors (Lipinski definition) is 3. The Labute approximate surface area is 104 Å². The van der Waals surface area contributed by atoms with Crippen molar-refractivity contribution in [3.8, 4) is 0 Å². The van der Waals surface area contributed by atoms with Gasteiger partial charge in [-0.15, -0.1) is 0 Å². The Bertz CT molecular complexity index is 192. The lowest BCUT2D eigenvalue weighted by atomic mass is 10.9. The van der Waals surface area contributed by atoms with Gasteiger partial charge in [-0.3, -0.25) is 0 Å². The zero-order valence-corrected chi connectivity index (χ0v) is 12.7. The van der Waals surface area contributed by atoms with Gasteiger partial charge >= 0.3 is 17.9 Å². The first kappa shape index (κ1) is 17.2. The molecule has 17 heavy (non-hydrogen) atoms. The van der Waals surface area contributed by atoms with Crippen molar-refractivity contribution in [2.24, 2.45) is 0 Å². The van der Waals surface area contributed by atoms with Crippen LogP contribution in [0.25, 0.3) is 0 Å². The van der Waals surface area contributed by atoms with Gasteiger partial charge in [0.2, 0.25) is 0 Å². The van der Waals surface area contributed by atoms with E-state index >= 15 is 0 Å². The molecule has 104 valence electrons. The van der Waals surface area contributed by atoms with E-state index in [1.165, 1.54) is 6.92 Å². The fourth-order valence-electron chi connectivity index (χ4n) is 1.39. The SMILES string of the molecule is CCO[Si](OCC)(OCC)C(C)O[Si](O)(O)O. The molecule has 0 saturated carbocycles. The first-order valence-electron chi connectivity index (χ1n) is 5.58. The Morgan fingerprint density at radius 3 is 1.47 bits per heavy atom. The summed E-state index contributed by atoms with van der Waals surface area (Å²) in [6, 6.07) is 0. The van der Waals surface area contributed by atoms with Gasteiger partial charge in [0.15, 0.2) is 0 Å². The lowest BCUT2D eigenvalue weighted by Crippen LogP contribution is -2.60. The lowest BCUT2D eigenvalue weighted by molar-refractivity contribution is -0.00953. The molecule has 0 fully saturated rings. The minimum atomic E-state index is -4.62. The van der Waals surface area contributed by atoms with E-state index in [-0.39, 0.29) is 0 Å². The second-order valence-electron chi connectivity index (χ2n) is 3.24. The van der Waals surface area contributed by atoms with E-state index < -0.39 is 23.6 Å². The van der Waals surface area contributed by atoms with Gasteiger partial charge in [-0.05, 0) is 27.7 Å². The normalized spacial score (nSPS) is 15.0. The van der Waals surface area contributed by atoms with Crippen molar-refractivity contribution < 1.29 is 32.1 Å². The van der Waals surface area contributed by atoms with Crippen LogP contribution in [0.5, 0.6) is 0 Å². The molecule has 0 bridgehead atoms. The summed E-state index contributed by atoms with van der Waals surface area (Å²) in [6.45, 7) is 7.87. The highest BCUT2D eigenvalue weighted by molar-refractivity contribution is 6.63. The van der Waals surface area contributed by atoms with E-state index in [4.69, 9.17) is 32.1 Å². The Morgan fingerprint density at radius 1 is 0.882 bits per heavy atom. The van der Waals surface area contributed by atoms with Crippen molar-refractivity contribution in [2.75, 3.05) is 19.8 Å². The molecule has 0 amide bonds. The first-order chi connectivity index (χ1) is 7.81. The molecular formula is C8H22O7Si2. The summed E-state index contributed by atoms with van der Waals surface area (Å²) in [5.41, 5.74) is -0.853. The molecular weight excluding hydrogens is 264 g/mol. The summed E-state index contributed by atoms with van der Waals surface area (Å²) < 4.78 is 21.2. The van der Waals surface area contributed by atoms with Crippen LogP contribution < -0.4 is 0 Å². The molecule has 0 aliphatic carbocycles. The van der Waals surface area contributed by atoms with Gasteiger partial charge < -0.3 is 32.1 Å². The third kappa shape index (κ3) is 6.04. The Hall–Kier alpha value is 0.154. The second-order valence-corrected chi connectivity index (χ2v) is 7.51. The molecule has 3 N–H and O–H groups in total. The molecule has 0 aromatic rings. The van der Waals surface area contributed by atoms with Gasteiger partial charge in [0.25, 0.3) is 0 Å². The maximum atomic E-state index is 8.94. The van der Waals surface area contributed by atoms with Gasteiger partial charge in [-0.25, -0.2) is 0 Å². The van der Waals surface area contributed by atoms with E-state index in [1.807, 2.05) is 0 Å². The van der Waals surface area contributed by atoms with Crippen LogP contribution in [0.1, 0.15) is 27.7 Å². The van der Waals surface area contributed by atoms with Crippen LogP contribution in [0.4, 0.5) is 0 Å². The predicted octanol–water partition coefficient (Wildman–Crippen LogP) is -0.608. The predicted molar refractivity (Wildman–Crippen MR) is 63.6 cm³/mol. The van der Waals surface area contributed by atoms with Crippen LogP contribution in [0.3, 0.4) is 0 Å². The van der Waals surface area contributed by atoms with E-state index in [1.54, 1.807) is 20.8 Å². The standard InChI is InChI=1S/C8H22O7Si2/c1-5-12-16(13-6-2,14-7-3)8(4)15-17(9,10)11/h8-11H,5-7H2,1-4H3. The minimum absolute atomic E-state index is 0.344. The van der Waals surface area contributed by atoms with Gasteiger partial charge in [0.1, 0.15) is 5.73 Å². The van der Waals surface area contributed by atoms with Crippen molar-refractivity contribution in [3.05, 3.63) is 0 Å². The zero-order chi connectivity index (χ0) is 13.5. The molecule has 0 aromatic heterocycles. The molecule has 0 rings (SSSR count). The van der Waals surface area contributed by atoms with Gasteiger partial charge in [-0.2, -0.15) is 0 Å². The van der Waals surface area contributed by atoms with Crippen LogP contribution in [0.15, 0.2) is 0 Å². The molecule has 0 aliphatic rings. The summed E-state index contributed by atoms with van der Waals surface area (Å²) in [5, 5.41) is 0. The van der Waals surface area contributed by atoms with Crippen LogP contribution in [-0.2, 0) is 17.7 Å². The molecule has 0 spiro atoms. The summed E-state index contributed by atoms with van der Waals surface area (Å²) >= 11 is 0.